The van der Waals surface area contributed by atoms with Crippen molar-refractivity contribution in [3.63, 3.8) is 0 Å². The zero-order valence-corrected chi connectivity index (χ0v) is 16.4. The lowest BCUT2D eigenvalue weighted by atomic mass is 10.0. The van der Waals surface area contributed by atoms with E-state index in [-0.39, 0.29) is 12.6 Å². The maximum absolute atomic E-state index is 9.82. The van der Waals surface area contributed by atoms with Crippen LogP contribution in [0.5, 0.6) is 5.75 Å². The minimum Gasteiger partial charge on any atom is -0.496 e. The Morgan fingerprint density at radius 2 is 2.21 bits per heavy atom. The maximum atomic E-state index is 9.82. The van der Waals surface area contributed by atoms with Gasteiger partial charge in [0.1, 0.15) is 18.0 Å². The van der Waals surface area contributed by atoms with Gasteiger partial charge < -0.3 is 14.7 Å². The van der Waals surface area contributed by atoms with Crippen LogP contribution in [0.4, 0.5) is 5.95 Å². The predicted molar refractivity (Wildman–Crippen MR) is 108 cm³/mol. The molecule has 148 valence electrons. The molecule has 4 rings (SSSR count). The number of ether oxygens (including phenoxy) is 1. The van der Waals surface area contributed by atoms with E-state index in [2.05, 4.69) is 16.2 Å². The molecule has 0 aliphatic carbocycles. The zero-order chi connectivity index (χ0) is 20.4. The summed E-state index contributed by atoms with van der Waals surface area (Å²) in [5, 5.41) is 23.5. The van der Waals surface area contributed by atoms with Gasteiger partial charge in [0.25, 0.3) is 0 Å². The maximum Gasteiger partial charge on any atom is 0.225 e. The Morgan fingerprint density at radius 3 is 2.93 bits per heavy atom. The summed E-state index contributed by atoms with van der Waals surface area (Å²) in [6.07, 6.45) is 3.90. The van der Waals surface area contributed by atoms with Crippen molar-refractivity contribution in [1.82, 2.24) is 19.7 Å². The van der Waals surface area contributed by atoms with Gasteiger partial charge in [-0.1, -0.05) is 12.1 Å². The molecule has 1 saturated heterocycles. The van der Waals surface area contributed by atoms with E-state index in [0.29, 0.717) is 18.9 Å². The number of anilines is 1. The number of β-amino-alcohol motifs (C(OH)–C–C–N with tert-alkyl or cyclic N) is 1. The second kappa shape index (κ2) is 7.89. The molecule has 1 aromatic carbocycles. The van der Waals surface area contributed by atoms with Crippen LogP contribution in [0.15, 0.2) is 36.7 Å². The van der Waals surface area contributed by atoms with Crippen LogP contribution in [-0.2, 0) is 6.54 Å². The lowest BCUT2D eigenvalue weighted by Gasteiger charge is -2.15. The summed E-state index contributed by atoms with van der Waals surface area (Å²) in [6, 6.07) is 9.87. The third kappa shape index (κ3) is 3.77. The van der Waals surface area contributed by atoms with Crippen LogP contribution in [0.2, 0.25) is 0 Å². The van der Waals surface area contributed by atoms with Crippen molar-refractivity contribution < 1.29 is 9.84 Å². The number of benzene rings is 1. The highest BCUT2D eigenvalue weighted by Gasteiger charge is 2.23. The van der Waals surface area contributed by atoms with Crippen molar-refractivity contribution in [2.24, 2.45) is 0 Å². The highest BCUT2D eigenvalue weighted by atomic mass is 16.5. The first-order chi connectivity index (χ1) is 14.1. The summed E-state index contributed by atoms with van der Waals surface area (Å²) >= 11 is 0. The Morgan fingerprint density at radius 1 is 1.34 bits per heavy atom. The molecule has 1 aliphatic rings. The summed E-state index contributed by atoms with van der Waals surface area (Å²) in [7, 11) is 1.64. The highest BCUT2D eigenvalue weighted by Crippen LogP contribution is 2.33. The molecule has 1 N–H and O–H groups in total. The standard InChI is InChI=1S/C21H22N6O2/c1-14-3-4-15(11-19(14)29-2)20-17(13-27(25-20)10-7-22)18-5-8-23-21(24-18)26-9-6-16(28)12-26/h3-5,8,11,13,16,28H,6,9-10,12H2,1-2H3. The first kappa shape index (κ1) is 18.9. The van der Waals surface area contributed by atoms with Gasteiger partial charge in [0, 0.05) is 36.6 Å². The van der Waals surface area contributed by atoms with Crippen LogP contribution in [0.3, 0.4) is 0 Å². The van der Waals surface area contributed by atoms with E-state index < -0.39 is 0 Å². The van der Waals surface area contributed by atoms with E-state index in [4.69, 9.17) is 15.0 Å². The van der Waals surface area contributed by atoms with Crippen molar-refractivity contribution >= 4 is 5.95 Å². The summed E-state index contributed by atoms with van der Waals surface area (Å²) in [4.78, 5) is 11.1. The Labute approximate surface area is 169 Å². The normalized spacial score (nSPS) is 16.1. The third-order valence-electron chi connectivity index (χ3n) is 5.04. The summed E-state index contributed by atoms with van der Waals surface area (Å²) in [5.74, 6) is 1.36. The number of hydrogen-bond donors (Lipinski definition) is 1. The number of rotatable bonds is 5. The smallest absolute Gasteiger partial charge is 0.225 e. The average Bonchev–Trinajstić information content (AvgIpc) is 3.35. The van der Waals surface area contributed by atoms with Crippen LogP contribution >= 0.6 is 0 Å². The van der Waals surface area contributed by atoms with Gasteiger partial charge in [-0.05, 0) is 31.0 Å². The number of aryl methyl sites for hydroxylation is 1. The number of hydrogen-bond acceptors (Lipinski definition) is 7. The van der Waals surface area contributed by atoms with Gasteiger partial charge in [0.15, 0.2) is 0 Å². The molecular weight excluding hydrogens is 368 g/mol. The molecule has 0 amide bonds. The van der Waals surface area contributed by atoms with Crippen molar-refractivity contribution in [2.45, 2.75) is 26.0 Å². The summed E-state index contributed by atoms with van der Waals surface area (Å²) < 4.78 is 7.07. The molecule has 0 bridgehead atoms. The predicted octanol–water partition coefficient (Wildman–Crippen LogP) is 2.42. The van der Waals surface area contributed by atoms with Gasteiger partial charge in [-0.2, -0.15) is 10.4 Å². The third-order valence-corrected chi connectivity index (χ3v) is 5.04. The van der Waals surface area contributed by atoms with E-state index in [1.54, 1.807) is 18.0 Å². The molecular formula is C21H22N6O2. The van der Waals surface area contributed by atoms with Gasteiger partial charge in [-0.25, -0.2) is 9.97 Å². The molecule has 0 radical (unpaired) electrons. The highest BCUT2D eigenvalue weighted by molar-refractivity contribution is 5.79. The first-order valence-electron chi connectivity index (χ1n) is 9.45. The molecule has 0 saturated carbocycles. The van der Waals surface area contributed by atoms with Crippen molar-refractivity contribution in [2.75, 3.05) is 25.1 Å². The van der Waals surface area contributed by atoms with E-state index in [0.717, 1.165) is 40.4 Å². The number of nitrogens with zero attached hydrogens (tertiary/aromatic N) is 6. The SMILES string of the molecule is COc1cc(-c2nn(CC#N)cc2-c2ccnc(N3CCC(O)C3)n2)ccc1C. The van der Waals surface area contributed by atoms with Gasteiger partial charge in [0.05, 0.1) is 25.0 Å². The largest absolute Gasteiger partial charge is 0.496 e. The lowest BCUT2D eigenvalue weighted by Crippen LogP contribution is -2.23. The van der Waals surface area contributed by atoms with Gasteiger partial charge in [0.2, 0.25) is 5.95 Å². The molecule has 1 aliphatic heterocycles. The van der Waals surface area contributed by atoms with E-state index in [9.17, 15) is 5.11 Å². The average molecular weight is 390 g/mol. The quantitative estimate of drug-likeness (QED) is 0.714. The van der Waals surface area contributed by atoms with E-state index in [1.165, 1.54) is 0 Å². The van der Waals surface area contributed by atoms with Crippen molar-refractivity contribution in [3.8, 4) is 34.3 Å². The van der Waals surface area contributed by atoms with Gasteiger partial charge in [-0.15, -0.1) is 0 Å². The summed E-state index contributed by atoms with van der Waals surface area (Å²) in [5.41, 5.74) is 4.18. The number of nitriles is 1. The molecule has 8 nitrogen and oxygen atoms in total. The van der Waals surface area contributed by atoms with Gasteiger partial charge in [-0.3, -0.25) is 4.68 Å². The second-order valence-corrected chi connectivity index (χ2v) is 7.06. The van der Waals surface area contributed by atoms with Crippen LogP contribution in [0.25, 0.3) is 22.5 Å². The molecule has 1 unspecified atom stereocenters. The lowest BCUT2D eigenvalue weighted by molar-refractivity contribution is 0.198. The Bertz CT molecular complexity index is 1070. The number of methoxy groups -OCH3 is 1. The molecule has 3 heterocycles. The van der Waals surface area contributed by atoms with Crippen molar-refractivity contribution in [1.29, 1.82) is 5.26 Å². The second-order valence-electron chi connectivity index (χ2n) is 7.06. The van der Waals surface area contributed by atoms with E-state index in [1.807, 2.05) is 42.3 Å². The molecule has 2 aromatic heterocycles. The molecule has 8 heteroatoms. The molecule has 1 atom stereocenters. The fraction of sp³-hybridized carbons (Fsp3) is 0.333. The van der Waals surface area contributed by atoms with Crippen LogP contribution < -0.4 is 9.64 Å². The molecule has 0 spiro atoms. The van der Waals surface area contributed by atoms with Crippen LogP contribution in [0, 0.1) is 18.3 Å². The molecule has 3 aromatic rings. The summed E-state index contributed by atoms with van der Waals surface area (Å²) in [6.45, 7) is 3.38. The Kier molecular flexibility index (Phi) is 5.14. The first-order valence-corrected chi connectivity index (χ1v) is 9.45. The minimum atomic E-state index is -0.351. The minimum absolute atomic E-state index is 0.145. The van der Waals surface area contributed by atoms with Crippen LogP contribution in [-0.4, -0.2) is 51.2 Å². The van der Waals surface area contributed by atoms with E-state index >= 15 is 0 Å². The monoisotopic (exact) mass is 390 g/mol. The fourth-order valence-electron chi connectivity index (χ4n) is 3.52. The number of aliphatic hydroxyl groups is 1. The van der Waals surface area contributed by atoms with Crippen molar-refractivity contribution in [3.05, 3.63) is 42.2 Å². The Balaban J connectivity index is 1.79. The van der Waals surface area contributed by atoms with Gasteiger partial charge >= 0.3 is 0 Å². The topological polar surface area (TPSA) is 100 Å². The molecule has 29 heavy (non-hydrogen) atoms. The Hall–Kier alpha value is -3.44. The van der Waals surface area contributed by atoms with Crippen LogP contribution in [0.1, 0.15) is 12.0 Å². The molecule has 1 fully saturated rings. The fourth-order valence-corrected chi connectivity index (χ4v) is 3.52. The number of aliphatic hydroxyl groups excluding tert-OH is 1. The zero-order valence-electron chi connectivity index (χ0n) is 16.4. The number of aromatic nitrogens is 4.